The largest absolute Gasteiger partial charge is 0.350 e. The molecule has 0 bridgehead atoms. The molecule has 10 heteroatoms. The zero-order chi connectivity index (χ0) is 26.8. The van der Waals surface area contributed by atoms with Crippen LogP contribution >= 0.6 is 0 Å². The Morgan fingerprint density at radius 3 is 2.44 bits per heavy atom. The number of likely N-dealkylation sites (tertiary alicyclic amines) is 1. The van der Waals surface area contributed by atoms with Crippen LogP contribution in [0.4, 0.5) is 30.8 Å². The second kappa shape index (κ2) is 11.2. The van der Waals surface area contributed by atoms with Crippen molar-refractivity contribution in [2.24, 2.45) is 0 Å². The lowest BCUT2D eigenvalue weighted by Crippen LogP contribution is -2.41. The lowest BCUT2D eigenvalue weighted by molar-refractivity contribution is 0.208. The van der Waals surface area contributed by atoms with Gasteiger partial charge >= 0.3 is 0 Å². The van der Waals surface area contributed by atoms with Crippen LogP contribution in [0.5, 0.6) is 0 Å². The molecule has 0 unspecified atom stereocenters. The van der Waals surface area contributed by atoms with Crippen molar-refractivity contribution in [1.82, 2.24) is 24.4 Å². The first-order chi connectivity index (χ1) is 19.0. The first-order valence-corrected chi connectivity index (χ1v) is 13.7. The zero-order valence-electron chi connectivity index (χ0n) is 21.7. The van der Waals surface area contributed by atoms with Gasteiger partial charge in [-0.05, 0) is 37.8 Å². The predicted molar refractivity (Wildman–Crippen MR) is 145 cm³/mol. The average Bonchev–Trinajstić information content (AvgIpc) is 3.29. The van der Waals surface area contributed by atoms with Gasteiger partial charge in [0.1, 0.15) is 17.0 Å². The van der Waals surface area contributed by atoms with E-state index >= 15 is 0 Å². The van der Waals surface area contributed by atoms with Crippen molar-refractivity contribution in [3.8, 4) is 0 Å². The molecule has 1 aliphatic heterocycles. The Morgan fingerprint density at radius 2 is 1.67 bits per heavy atom. The number of fused-ring (bicyclic) bond motifs is 1. The van der Waals surface area contributed by atoms with Crippen molar-refractivity contribution < 1.29 is 13.2 Å². The van der Waals surface area contributed by atoms with Crippen molar-refractivity contribution in [3.05, 3.63) is 71.7 Å². The molecule has 1 saturated heterocycles. The van der Waals surface area contributed by atoms with Crippen LogP contribution in [-0.2, 0) is 6.54 Å². The average molecular weight is 536 g/mol. The minimum absolute atomic E-state index is 0.0802. The van der Waals surface area contributed by atoms with Gasteiger partial charge in [0.15, 0.2) is 17.3 Å². The predicted octanol–water partition coefficient (Wildman–Crippen LogP) is 6.57. The second-order valence-corrected chi connectivity index (χ2v) is 10.6. The van der Waals surface area contributed by atoms with Gasteiger partial charge in [-0.15, -0.1) is 0 Å². The number of hydrogen-bond acceptors (Lipinski definition) is 6. The quantitative estimate of drug-likeness (QED) is 0.279. The van der Waals surface area contributed by atoms with Gasteiger partial charge in [0, 0.05) is 37.3 Å². The highest BCUT2D eigenvalue weighted by Gasteiger charge is 2.26. The number of anilines is 3. The summed E-state index contributed by atoms with van der Waals surface area (Å²) in [4.78, 5) is 16.4. The molecule has 6 rings (SSSR count). The third-order valence-corrected chi connectivity index (χ3v) is 7.70. The molecular formula is C29H32F3N7. The molecule has 2 aromatic carbocycles. The van der Waals surface area contributed by atoms with E-state index in [0.29, 0.717) is 29.2 Å². The van der Waals surface area contributed by atoms with E-state index in [9.17, 15) is 13.2 Å². The number of benzene rings is 2. The Labute approximate surface area is 225 Å². The molecular weight excluding hydrogens is 503 g/mol. The number of rotatable bonds is 7. The summed E-state index contributed by atoms with van der Waals surface area (Å²) in [5.74, 6) is -2.21. The highest BCUT2D eigenvalue weighted by molar-refractivity contribution is 5.76. The molecule has 0 amide bonds. The molecule has 39 heavy (non-hydrogen) atoms. The molecule has 204 valence electrons. The van der Waals surface area contributed by atoms with Crippen LogP contribution in [0.25, 0.3) is 11.2 Å². The Kier molecular flexibility index (Phi) is 7.36. The molecule has 2 aromatic heterocycles. The van der Waals surface area contributed by atoms with Gasteiger partial charge in [-0.3, -0.25) is 9.47 Å². The van der Waals surface area contributed by atoms with E-state index in [2.05, 4.69) is 49.8 Å². The summed E-state index contributed by atoms with van der Waals surface area (Å²) < 4.78 is 44.4. The van der Waals surface area contributed by atoms with Gasteiger partial charge in [-0.2, -0.15) is 4.98 Å². The van der Waals surface area contributed by atoms with Crippen molar-refractivity contribution in [1.29, 1.82) is 0 Å². The number of nitrogens with zero attached hydrogens (tertiary/aromatic N) is 5. The molecule has 1 aliphatic carbocycles. The van der Waals surface area contributed by atoms with E-state index in [1.54, 1.807) is 6.20 Å². The summed E-state index contributed by atoms with van der Waals surface area (Å²) in [6.07, 6.45) is 8.83. The van der Waals surface area contributed by atoms with Crippen LogP contribution in [0.2, 0.25) is 0 Å². The SMILES string of the molecule is Fc1cc(F)c(Nc2nc3cnc(N[C@@H]4CCCN(Cc5ccccc5)C4)nc3n2C2CCCCC2)c(F)c1. The number of nitrogens with one attached hydrogen (secondary N) is 2. The Bertz CT molecular complexity index is 1410. The molecule has 1 atom stereocenters. The fraction of sp³-hybridized carbons (Fsp3) is 0.414. The topological polar surface area (TPSA) is 70.9 Å². The van der Waals surface area contributed by atoms with Crippen molar-refractivity contribution >= 4 is 28.7 Å². The Balaban J connectivity index is 1.27. The molecule has 0 radical (unpaired) electrons. The fourth-order valence-corrected chi connectivity index (χ4v) is 5.85. The number of hydrogen-bond donors (Lipinski definition) is 2. The summed E-state index contributed by atoms with van der Waals surface area (Å²) in [5, 5.41) is 6.31. The minimum Gasteiger partial charge on any atom is -0.350 e. The molecule has 4 aromatic rings. The van der Waals surface area contributed by atoms with E-state index in [0.717, 1.165) is 64.6 Å². The molecule has 7 nitrogen and oxygen atoms in total. The summed E-state index contributed by atoms with van der Waals surface area (Å²) in [6.45, 7) is 2.83. The first-order valence-electron chi connectivity index (χ1n) is 13.7. The van der Waals surface area contributed by atoms with Crippen LogP contribution < -0.4 is 10.6 Å². The molecule has 2 fully saturated rings. The first kappa shape index (κ1) is 25.6. The van der Waals surface area contributed by atoms with E-state index in [-0.39, 0.29) is 18.0 Å². The highest BCUT2D eigenvalue weighted by Crippen LogP contribution is 2.35. The third-order valence-electron chi connectivity index (χ3n) is 7.70. The molecule has 2 N–H and O–H groups in total. The molecule has 3 heterocycles. The summed E-state index contributed by atoms with van der Waals surface area (Å²) in [7, 11) is 0. The van der Waals surface area contributed by atoms with Gasteiger partial charge in [-0.1, -0.05) is 49.6 Å². The number of imidazole rings is 1. The number of halogens is 3. The monoisotopic (exact) mass is 535 g/mol. The Hall–Kier alpha value is -3.66. The standard InChI is InChI=1S/C29H32F3N7/c30-20-14-23(31)26(24(32)15-20)36-29-35-25-16-33-28(37-27(25)39(29)22-11-5-2-6-12-22)34-21-10-7-13-38(18-21)17-19-8-3-1-4-9-19/h1,3-4,8-9,14-16,21-22H,2,5-7,10-13,17-18H2,(H,35,36)(H,33,34,37)/t21-/m1/s1. The van der Waals surface area contributed by atoms with Gasteiger partial charge in [0.05, 0.1) is 6.20 Å². The second-order valence-electron chi connectivity index (χ2n) is 10.6. The van der Waals surface area contributed by atoms with Crippen LogP contribution in [-0.4, -0.2) is 43.6 Å². The van der Waals surface area contributed by atoms with E-state index < -0.39 is 23.1 Å². The summed E-state index contributed by atoms with van der Waals surface area (Å²) >= 11 is 0. The maximum Gasteiger partial charge on any atom is 0.225 e. The van der Waals surface area contributed by atoms with Crippen molar-refractivity contribution in [3.63, 3.8) is 0 Å². The lowest BCUT2D eigenvalue weighted by Gasteiger charge is -2.33. The van der Waals surface area contributed by atoms with Crippen LogP contribution in [0.15, 0.2) is 48.7 Å². The minimum atomic E-state index is -1.01. The van der Waals surface area contributed by atoms with E-state index in [4.69, 9.17) is 4.98 Å². The summed E-state index contributed by atoms with van der Waals surface area (Å²) in [5.41, 5.74) is 2.00. The van der Waals surface area contributed by atoms with Gasteiger partial charge in [0.2, 0.25) is 11.9 Å². The molecule has 2 aliphatic rings. The van der Waals surface area contributed by atoms with Gasteiger partial charge in [-0.25, -0.2) is 23.1 Å². The highest BCUT2D eigenvalue weighted by atomic mass is 19.1. The normalized spacial score (nSPS) is 18.9. The maximum atomic E-state index is 14.5. The van der Waals surface area contributed by atoms with Crippen molar-refractivity contribution in [2.45, 2.75) is 63.6 Å². The number of piperidine rings is 1. The molecule has 1 saturated carbocycles. The van der Waals surface area contributed by atoms with Gasteiger partial charge in [0.25, 0.3) is 0 Å². The van der Waals surface area contributed by atoms with Crippen LogP contribution in [0.3, 0.4) is 0 Å². The maximum absolute atomic E-state index is 14.5. The zero-order valence-corrected chi connectivity index (χ0v) is 21.7. The summed E-state index contributed by atoms with van der Waals surface area (Å²) in [6, 6.07) is 12.1. The van der Waals surface area contributed by atoms with Crippen molar-refractivity contribution in [2.75, 3.05) is 23.7 Å². The van der Waals surface area contributed by atoms with Gasteiger partial charge < -0.3 is 10.6 Å². The van der Waals surface area contributed by atoms with Crippen LogP contribution in [0, 0.1) is 17.5 Å². The number of aromatic nitrogens is 4. The van der Waals surface area contributed by atoms with E-state index in [1.165, 1.54) is 5.56 Å². The molecule has 0 spiro atoms. The third kappa shape index (κ3) is 5.71. The lowest BCUT2D eigenvalue weighted by atomic mass is 9.95. The fourth-order valence-electron chi connectivity index (χ4n) is 5.85. The van der Waals surface area contributed by atoms with Crippen LogP contribution in [0.1, 0.15) is 56.6 Å². The smallest absolute Gasteiger partial charge is 0.225 e. The van der Waals surface area contributed by atoms with E-state index in [1.807, 2.05) is 10.6 Å². The Morgan fingerprint density at radius 1 is 0.897 bits per heavy atom.